The summed E-state index contributed by atoms with van der Waals surface area (Å²) in [5.41, 5.74) is 0.853. The van der Waals surface area contributed by atoms with Gasteiger partial charge in [0.05, 0.1) is 23.3 Å². The van der Waals surface area contributed by atoms with Crippen LogP contribution in [0.1, 0.15) is 63.3 Å². The van der Waals surface area contributed by atoms with E-state index in [1.54, 1.807) is 23.1 Å². The van der Waals surface area contributed by atoms with Crippen LogP contribution in [0.15, 0.2) is 42.5 Å². The molecule has 2 aromatic carbocycles. The Morgan fingerprint density at radius 3 is 2.26 bits per heavy atom. The molecule has 1 amide bonds. The number of likely N-dealkylation sites (tertiary alicyclic amines) is 1. The molecule has 210 valence electrons. The number of alkyl halides is 2. The van der Waals surface area contributed by atoms with Crippen molar-refractivity contribution < 1.29 is 28.2 Å². The lowest BCUT2D eigenvalue weighted by molar-refractivity contribution is -0.0945. The van der Waals surface area contributed by atoms with Crippen molar-refractivity contribution in [3.05, 3.63) is 69.7 Å². The van der Waals surface area contributed by atoms with Crippen molar-refractivity contribution in [1.29, 1.82) is 0 Å². The summed E-state index contributed by atoms with van der Waals surface area (Å²) in [6.07, 6.45) is 0.375. The van der Waals surface area contributed by atoms with Crippen LogP contribution in [0.4, 0.5) is 13.6 Å². The van der Waals surface area contributed by atoms with Gasteiger partial charge in [-0.25, -0.2) is 18.6 Å². The summed E-state index contributed by atoms with van der Waals surface area (Å²) >= 11 is 6.91. The van der Waals surface area contributed by atoms with Crippen LogP contribution >= 0.6 is 11.6 Å². The first-order chi connectivity index (χ1) is 18.2. The number of carbonyl (C=O) groups is 1. The molecule has 0 bridgehead atoms. The fourth-order valence-electron chi connectivity index (χ4n) is 4.94. The second-order valence-corrected chi connectivity index (χ2v) is 11.6. The molecule has 4 rings (SSSR count). The van der Waals surface area contributed by atoms with E-state index in [4.69, 9.17) is 21.1 Å². The molecule has 1 aliphatic heterocycles. The van der Waals surface area contributed by atoms with E-state index < -0.39 is 23.2 Å². The number of rotatable bonds is 7. The molecule has 0 radical (unpaired) electrons. The van der Waals surface area contributed by atoms with Gasteiger partial charge in [-0.1, -0.05) is 48.9 Å². The first kappa shape index (κ1) is 29.0. The highest BCUT2D eigenvalue weighted by Crippen LogP contribution is 2.42. The third-order valence-corrected chi connectivity index (χ3v) is 7.69. The van der Waals surface area contributed by atoms with Gasteiger partial charge in [-0.05, 0) is 50.5 Å². The van der Waals surface area contributed by atoms with Crippen LogP contribution in [0.5, 0.6) is 5.88 Å². The van der Waals surface area contributed by atoms with Crippen molar-refractivity contribution in [3.8, 4) is 5.88 Å². The minimum Gasteiger partial charge on any atom is -0.481 e. The van der Waals surface area contributed by atoms with Gasteiger partial charge < -0.3 is 19.5 Å². The zero-order valence-corrected chi connectivity index (χ0v) is 23.9. The Labute approximate surface area is 232 Å². The Morgan fingerprint density at radius 2 is 1.72 bits per heavy atom. The second-order valence-electron chi connectivity index (χ2n) is 11.3. The lowest BCUT2D eigenvalue weighted by atomic mass is 9.75. The molecular weight excluding hydrogens is 526 g/mol. The van der Waals surface area contributed by atoms with E-state index in [2.05, 4.69) is 4.98 Å². The van der Waals surface area contributed by atoms with Gasteiger partial charge in [-0.2, -0.15) is 0 Å². The molecule has 1 aliphatic rings. The minimum atomic E-state index is -2.92. The number of hydrogen-bond acceptors (Lipinski definition) is 5. The second kappa shape index (κ2) is 10.5. The standard InChI is InChI=1S/C30H35ClF2N2O4/c1-7-30(37,21-16-35(17-21)27(36)39-28(2,3)4)20-12-13-24-22(15-20)25(31)23(26(34-24)38-6)14-18-8-10-19(11-9-18)29(5,32)33/h8-13,15,21,37H,7,14,16-17H2,1-6H3. The number of methoxy groups -OCH3 is 1. The first-order valence-electron chi connectivity index (χ1n) is 13.0. The average Bonchev–Trinajstić information content (AvgIpc) is 2.83. The number of pyridine rings is 1. The molecular formula is C30H35ClF2N2O4. The average molecular weight is 561 g/mol. The molecule has 1 saturated heterocycles. The van der Waals surface area contributed by atoms with Crippen LogP contribution in [0.3, 0.4) is 0 Å². The van der Waals surface area contributed by atoms with Crippen molar-refractivity contribution in [3.63, 3.8) is 0 Å². The Kier molecular flexibility index (Phi) is 7.85. The Morgan fingerprint density at radius 1 is 1.10 bits per heavy atom. The van der Waals surface area contributed by atoms with E-state index in [-0.39, 0.29) is 11.5 Å². The summed E-state index contributed by atoms with van der Waals surface area (Å²) < 4.78 is 38.3. The number of halogens is 3. The van der Waals surface area contributed by atoms with Gasteiger partial charge in [-0.15, -0.1) is 0 Å². The van der Waals surface area contributed by atoms with Crippen molar-refractivity contribution in [1.82, 2.24) is 9.88 Å². The first-order valence-corrected chi connectivity index (χ1v) is 13.4. The predicted molar refractivity (Wildman–Crippen MR) is 148 cm³/mol. The van der Waals surface area contributed by atoms with Crippen LogP contribution in [-0.2, 0) is 22.7 Å². The quantitative estimate of drug-likeness (QED) is 0.335. The van der Waals surface area contributed by atoms with Crippen molar-refractivity contribution in [2.45, 2.75) is 64.6 Å². The number of nitrogens with zero attached hydrogens (tertiary/aromatic N) is 2. The third-order valence-electron chi connectivity index (χ3n) is 7.26. The molecule has 9 heteroatoms. The summed E-state index contributed by atoms with van der Waals surface area (Å²) in [4.78, 5) is 18.6. The van der Waals surface area contributed by atoms with Gasteiger partial charge in [-0.3, -0.25) is 0 Å². The van der Waals surface area contributed by atoms with E-state index in [9.17, 15) is 18.7 Å². The van der Waals surface area contributed by atoms with Crippen LogP contribution < -0.4 is 4.74 Å². The topological polar surface area (TPSA) is 71.9 Å². The lowest BCUT2D eigenvalue weighted by Gasteiger charge is -2.48. The third kappa shape index (κ3) is 5.97. The van der Waals surface area contributed by atoms with E-state index >= 15 is 0 Å². The molecule has 1 atom stereocenters. The van der Waals surface area contributed by atoms with Crippen LogP contribution in [0.25, 0.3) is 10.9 Å². The maximum Gasteiger partial charge on any atom is 0.410 e. The Balaban J connectivity index is 1.64. The number of ether oxygens (including phenoxy) is 2. The largest absolute Gasteiger partial charge is 0.481 e. The number of hydrogen-bond donors (Lipinski definition) is 1. The smallest absolute Gasteiger partial charge is 0.410 e. The molecule has 0 saturated carbocycles. The van der Waals surface area contributed by atoms with Crippen LogP contribution in [0.2, 0.25) is 5.02 Å². The summed E-state index contributed by atoms with van der Waals surface area (Å²) in [5.74, 6) is -2.75. The molecule has 1 aromatic heterocycles. The van der Waals surface area contributed by atoms with E-state index in [1.807, 2.05) is 39.8 Å². The number of carbonyl (C=O) groups excluding carboxylic acids is 1. The fraction of sp³-hybridized carbons (Fsp3) is 0.467. The van der Waals surface area contributed by atoms with Crippen molar-refractivity contribution >= 4 is 28.6 Å². The van der Waals surface area contributed by atoms with E-state index in [0.717, 1.165) is 12.5 Å². The molecule has 6 nitrogen and oxygen atoms in total. The maximum atomic E-state index is 13.6. The highest BCUT2D eigenvalue weighted by molar-refractivity contribution is 6.36. The molecule has 39 heavy (non-hydrogen) atoms. The predicted octanol–water partition coefficient (Wildman–Crippen LogP) is 7.06. The van der Waals surface area contributed by atoms with Crippen LogP contribution in [-0.4, -0.2) is 46.9 Å². The number of amides is 1. The summed E-state index contributed by atoms with van der Waals surface area (Å²) in [5, 5.41) is 12.8. The minimum absolute atomic E-state index is 0.0642. The van der Waals surface area contributed by atoms with Crippen molar-refractivity contribution in [2.75, 3.05) is 20.2 Å². The molecule has 0 aliphatic carbocycles. The van der Waals surface area contributed by atoms with Gasteiger partial charge in [0, 0.05) is 48.9 Å². The Bertz CT molecular complexity index is 1360. The van der Waals surface area contributed by atoms with Gasteiger partial charge in [0.25, 0.3) is 5.92 Å². The summed E-state index contributed by atoms with van der Waals surface area (Å²) in [6, 6.07) is 11.6. The van der Waals surface area contributed by atoms with Gasteiger partial charge in [0.15, 0.2) is 0 Å². The van der Waals surface area contributed by atoms with E-state index in [1.165, 1.54) is 19.2 Å². The maximum absolute atomic E-state index is 13.6. The molecule has 0 spiro atoms. The van der Waals surface area contributed by atoms with Gasteiger partial charge in [0.1, 0.15) is 5.60 Å². The van der Waals surface area contributed by atoms with Gasteiger partial charge in [0.2, 0.25) is 5.88 Å². The highest BCUT2D eigenvalue weighted by atomic mass is 35.5. The molecule has 1 N–H and O–H groups in total. The van der Waals surface area contributed by atoms with Crippen molar-refractivity contribution in [2.24, 2.45) is 5.92 Å². The lowest BCUT2D eigenvalue weighted by Crippen LogP contribution is -2.58. The highest BCUT2D eigenvalue weighted by Gasteiger charge is 2.46. The molecule has 1 fully saturated rings. The molecule has 2 heterocycles. The summed E-state index contributed by atoms with van der Waals surface area (Å²) in [6.45, 7) is 8.98. The molecule has 1 unspecified atom stereocenters. The summed E-state index contributed by atoms with van der Waals surface area (Å²) in [7, 11) is 1.51. The fourth-order valence-corrected chi connectivity index (χ4v) is 5.24. The zero-order chi connectivity index (χ0) is 28.8. The van der Waals surface area contributed by atoms with Crippen LogP contribution in [0, 0.1) is 5.92 Å². The normalized spacial score (nSPS) is 16.1. The monoisotopic (exact) mass is 560 g/mol. The van der Waals surface area contributed by atoms with E-state index in [0.29, 0.717) is 58.9 Å². The zero-order valence-electron chi connectivity index (χ0n) is 23.1. The Hall–Kier alpha value is -2.97. The number of aromatic nitrogens is 1. The SMILES string of the molecule is CCC(O)(c1ccc2nc(OC)c(Cc3ccc(C(C)(F)F)cc3)c(Cl)c2c1)C1CN(C(=O)OC(C)(C)C)C1. The number of aliphatic hydroxyl groups is 1. The number of fused-ring (bicyclic) bond motifs is 1. The molecule has 3 aromatic rings. The van der Waals surface area contributed by atoms with Gasteiger partial charge >= 0.3 is 6.09 Å². The number of benzene rings is 2.